The van der Waals surface area contributed by atoms with Crippen LogP contribution in [-0.2, 0) is 9.53 Å². The molecule has 3 rings (SSSR count). The molecule has 0 fully saturated rings. The van der Waals surface area contributed by atoms with Gasteiger partial charge >= 0.3 is 5.69 Å². The van der Waals surface area contributed by atoms with Crippen LogP contribution in [0.3, 0.4) is 0 Å². The Kier molecular flexibility index (Phi) is 6.13. The zero-order chi connectivity index (χ0) is 21.0. The average Bonchev–Trinajstić information content (AvgIpc) is 2.74. The quantitative estimate of drug-likeness (QED) is 0.610. The Balaban J connectivity index is 2.23. The molecule has 0 aliphatic carbocycles. The minimum atomic E-state index is -0.832. The lowest BCUT2D eigenvalue weighted by atomic mass is 10.2. The summed E-state index contributed by atoms with van der Waals surface area (Å²) in [6.45, 7) is 2.30. The Morgan fingerprint density at radius 2 is 1.86 bits per heavy atom. The van der Waals surface area contributed by atoms with Crippen LogP contribution in [0.1, 0.15) is 13.0 Å². The van der Waals surface area contributed by atoms with E-state index in [1.165, 1.54) is 18.8 Å². The van der Waals surface area contributed by atoms with Crippen LogP contribution in [0, 0.1) is 0 Å². The van der Waals surface area contributed by atoms with Crippen molar-refractivity contribution < 1.29 is 14.3 Å². The first kappa shape index (κ1) is 20.3. The summed E-state index contributed by atoms with van der Waals surface area (Å²) in [5, 5.41) is 3.07. The molecule has 0 saturated heterocycles. The van der Waals surface area contributed by atoms with E-state index in [9.17, 15) is 14.4 Å². The molecule has 0 aliphatic heterocycles. The molecule has 0 aliphatic rings. The third-order valence-electron chi connectivity index (χ3n) is 4.68. The predicted molar refractivity (Wildman–Crippen MR) is 110 cm³/mol. The third-order valence-corrected chi connectivity index (χ3v) is 4.68. The molecule has 0 radical (unpaired) electrons. The van der Waals surface area contributed by atoms with Crippen molar-refractivity contribution in [1.29, 1.82) is 0 Å². The van der Waals surface area contributed by atoms with Crippen molar-refractivity contribution >= 4 is 16.8 Å². The Morgan fingerprint density at radius 1 is 1.10 bits per heavy atom. The highest BCUT2D eigenvalue weighted by Gasteiger charge is 2.22. The van der Waals surface area contributed by atoms with Gasteiger partial charge in [-0.3, -0.25) is 14.2 Å². The summed E-state index contributed by atoms with van der Waals surface area (Å²) in [7, 11) is 3.05. The number of nitrogens with zero attached hydrogens (tertiary/aromatic N) is 2. The number of hydrogen-bond donors (Lipinski definition) is 1. The van der Waals surface area contributed by atoms with Gasteiger partial charge in [-0.15, -0.1) is 0 Å². The van der Waals surface area contributed by atoms with Gasteiger partial charge in [0.2, 0.25) is 5.91 Å². The molecule has 1 heterocycles. The maximum Gasteiger partial charge on any atom is 0.336 e. The number of amides is 1. The first-order chi connectivity index (χ1) is 14.0. The van der Waals surface area contributed by atoms with E-state index in [1.807, 2.05) is 0 Å². The highest BCUT2D eigenvalue weighted by atomic mass is 16.5. The van der Waals surface area contributed by atoms with E-state index in [2.05, 4.69) is 5.32 Å². The van der Waals surface area contributed by atoms with Gasteiger partial charge in [-0.1, -0.05) is 18.2 Å². The number of methoxy groups -OCH3 is 2. The summed E-state index contributed by atoms with van der Waals surface area (Å²) in [6.07, 6.45) is 0. The van der Waals surface area contributed by atoms with Gasteiger partial charge in [0.25, 0.3) is 5.56 Å². The van der Waals surface area contributed by atoms with Crippen LogP contribution in [0.5, 0.6) is 5.75 Å². The molecule has 0 unspecified atom stereocenters. The normalized spacial score (nSPS) is 12.0. The van der Waals surface area contributed by atoms with Gasteiger partial charge in [-0.2, -0.15) is 0 Å². The lowest BCUT2D eigenvalue weighted by Gasteiger charge is -2.19. The van der Waals surface area contributed by atoms with E-state index in [0.717, 1.165) is 4.57 Å². The Bertz CT molecular complexity index is 1150. The van der Waals surface area contributed by atoms with Crippen molar-refractivity contribution in [2.24, 2.45) is 0 Å². The molecule has 0 saturated carbocycles. The Labute approximate surface area is 167 Å². The van der Waals surface area contributed by atoms with Crippen molar-refractivity contribution in [3.63, 3.8) is 0 Å². The predicted octanol–water partition coefficient (Wildman–Crippen LogP) is 1.48. The SMILES string of the molecule is COCCNC(=O)[C@H](C)n1c(=O)n(-c2cccc(OC)c2)c(=O)c2ccccc21. The van der Waals surface area contributed by atoms with Gasteiger partial charge in [0.15, 0.2) is 0 Å². The second-order valence-corrected chi connectivity index (χ2v) is 6.47. The van der Waals surface area contributed by atoms with Crippen LogP contribution in [-0.4, -0.2) is 42.4 Å². The van der Waals surface area contributed by atoms with Gasteiger partial charge < -0.3 is 14.8 Å². The number of ether oxygens (including phenoxy) is 2. The van der Waals surface area contributed by atoms with Gasteiger partial charge in [0.1, 0.15) is 11.8 Å². The number of para-hydroxylation sites is 1. The summed E-state index contributed by atoms with van der Waals surface area (Å²) >= 11 is 0. The van der Waals surface area contributed by atoms with E-state index >= 15 is 0 Å². The molecule has 3 aromatic rings. The molecule has 152 valence electrons. The van der Waals surface area contributed by atoms with Gasteiger partial charge in [-0.05, 0) is 31.2 Å². The maximum absolute atomic E-state index is 13.4. The molecule has 1 amide bonds. The summed E-state index contributed by atoms with van der Waals surface area (Å²) in [5.41, 5.74) is -0.291. The fraction of sp³-hybridized carbons (Fsp3) is 0.286. The van der Waals surface area contributed by atoms with Gasteiger partial charge in [0, 0.05) is 19.7 Å². The number of nitrogens with one attached hydrogen (secondary N) is 1. The zero-order valence-corrected chi connectivity index (χ0v) is 16.5. The molecule has 8 heteroatoms. The van der Waals surface area contributed by atoms with E-state index in [1.54, 1.807) is 55.5 Å². The Morgan fingerprint density at radius 3 is 2.59 bits per heavy atom. The maximum atomic E-state index is 13.4. The minimum absolute atomic E-state index is 0.321. The molecular formula is C21H23N3O5. The van der Waals surface area contributed by atoms with Crippen molar-refractivity contribution in [3.8, 4) is 11.4 Å². The zero-order valence-electron chi connectivity index (χ0n) is 16.5. The first-order valence-electron chi connectivity index (χ1n) is 9.17. The first-order valence-corrected chi connectivity index (χ1v) is 9.17. The number of fused-ring (bicyclic) bond motifs is 1. The van der Waals surface area contributed by atoms with Crippen LogP contribution in [0.25, 0.3) is 16.6 Å². The molecule has 1 N–H and O–H groups in total. The summed E-state index contributed by atoms with van der Waals surface area (Å²) in [5.74, 6) is 0.170. The van der Waals surface area contributed by atoms with Crippen LogP contribution >= 0.6 is 0 Å². The second-order valence-electron chi connectivity index (χ2n) is 6.47. The molecule has 1 aromatic heterocycles. The summed E-state index contributed by atoms with van der Waals surface area (Å²) in [6, 6.07) is 12.6. The van der Waals surface area contributed by atoms with Gasteiger partial charge in [0.05, 0.1) is 30.3 Å². The largest absolute Gasteiger partial charge is 0.497 e. The molecule has 2 aromatic carbocycles. The number of benzene rings is 2. The van der Waals surface area contributed by atoms with E-state index in [4.69, 9.17) is 9.47 Å². The topological polar surface area (TPSA) is 91.6 Å². The molecule has 1 atom stereocenters. The van der Waals surface area contributed by atoms with Crippen LogP contribution in [0.4, 0.5) is 0 Å². The number of carbonyl (C=O) groups is 1. The van der Waals surface area contributed by atoms with Crippen LogP contribution in [0.2, 0.25) is 0 Å². The van der Waals surface area contributed by atoms with E-state index in [-0.39, 0.29) is 5.91 Å². The lowest BCUT2D eigenvalue weighted by Crippen LogP contribution is -2.44. The van der Waals surface area contributed by atoms with E-state index in [0.29, 0.717) is 35.5 Å². The average molecular weight is 397 g/mol. The van der Waals surface area contributed by atoms with Crippen molar-refractivity contribution in [2.45, 2.75) is 13.0 Å². The monoisotopic (exact) mass is 397 g/mol. The highest BCUT2D eigenvalue weighted by Crippen LogP contribution is 2.17. The fourth-order valence-electron chi connectivity index (χ4n) is 3.18. The molecule has 0 bridgehead atoms. The number of hydrogen-bond acceptors (Lipinski definition) is 5. The molecule has 29 heavy (non-hydrogen) atoms. The van der Waals surface area contributed by atoms with Crippen LogP contribution < -0.4 is 21.3 Å². The van der Waals surface area contributed by atoms with Crippen molar-refractivity contribution in [1.82, 2.24) is 14.5 Å². The van der Waals surface area contributed by atoms with Gasteiger partial charge in [-0.25, -0.2) is 9.36 Å². The number of carbonyl (C=O) groups excluding carboxylic acids is 1. The van der Waals surface area contributed by atoms with E-state index < -0.39 is 17.3 Å². The summed E-state index contributed by atoms with van der Waals surface area (Å²) < 4.78 is 12.6. The molecular weight excluding hydrogens is 374 g/mol. The Hall–Kier alpha value is -3.39. The standard InChI is InChI=1S/C21H23N3O5/c1-14(19(25)22-11-12-28-2)23-18-10-5-4-9-17(18)20(26)24(21(23)27)15-7-6-8-16(13-15)29-3/h4-10,13-14H,11-12H2,1-3H3,(H,22,25)/t14-/m0/s1. The smallest absolute Gasteiger partial charge is 0.336 e. The van der Waals surface area contributed by atoms with Crippen molar-refractivity contribution in [2.75, 3.05) is 27.4 Å². The number of aromatic nitrogens is 2. The van der Waals surface area contributed by atoms with Crippen LogP contribution in [0.15, 0.2) is 58.1 Å². The molecule has 8 nitrogen and oxygen atoms in total. The third kappa shape index (κ3) is 3.93. The lowest BCUT2D eigenvalue weighted by molar-refractivity contribution is -0.124. The van der Waals surface area contributed by atoms with Crippen molar-refractivity contribution in [3.05, 3.63) is 69.4 Å². The second kappa shape index (κ2) is 8.74. The number of rotatable bonds is 7. The highest BCUT2D eigenvalue weighted by molar-refractivity contribution is 5.84. The molecule has 0 spiro atoms. The summed E-state index contributed by atoms with van der Waals surface area (Å²) in [4.78, 5) is 39.1. The fourth-order valence-corrected chi connectivity index (χ4v) is 3.18. The minimum Gasteiger partial charge on any atom is -0.497 e.